The van der Waals surface area contributed by atoms with Gasteiger partial charge in [0, 0.05) is 36.7 Å². The van der Waals surface area contributed by atoms with E-state index in [-0.39, 0.29) is 0 Å². The summed E-state index contributed by atoms with van der Waals surface area (Å²) in [5.41, 5.74) is 2.64. The fraction of sp³-hybridized carbons (Fsp3) is 0.529. The zero-order chi connectivity index (χ0) is 14.7. The Morgan fingerprint density at radius 1 is 1.24 bits per heavy atom. The van der Waals surface area contributed by atoms with Crippen LogP contribution >= 0.6 is 11.6 Å². The summed E-state index contributed by atoms with van der Waals surface area (Å²) in [4.78, 5) is 2.41. The van der Waals surface area contributed by atoms with Crippen molar-refractivity contribution in [3.63, 3.8) is 0 Å². The van der Waals surface area contributed by atoms with Crippen molar-refractivity contribution < 1.29 is 0 Å². The van der Waals surface area contributed by atoms with Gasteiger partial charge in [0.1, 0.15) is 0 Å². The van der Waals surface area contributed by atoms with Crippen LogP contribution in [0.5, 0.6) is 0 Å². The first-order chi connectivity index (χ1) is 10.3. The van der Waals surface area contributed by atoms with Crippen molar-refractivity contribution in [1.29, 1.82) is 0 Å². The summed E-state index contributed by atoms with van der Waals surface area (Å²) >= 11 is 5.84. The molecule has 1 aliphatic rings. The summed E-state index contributed by atoms with van der Waals surface area (Å²) in [6, 6.07) is 9.59. The van der Waals surface area contributed by atoms with Crippen LogP contribution in [-0.4, -0.2) is 41.5 Å². The lowest BCUT2D eigenvalue weighted by atomic mass is 10.0. The van der Waals surface area contributed by atoms with E-state index >= 15 is 0 Å². The molecule has 0 bridgehead atoms. The third-order valence-corrected chi connectivity index (χ3v) is 4.64. The van der Waals surface area contributed by atoms with Crippen molar-refractivity contribution in [2.24, 2.45) is 0 Å². The Balaban J connectivity index is 1.62. The molecule has 114 valence electrons. The van der Waals surface area contributed by atoms with Crippen molar-refractivity contribution in [1.82, 2.24) is 14.8 Å². The Bertz CT molecular complexity index is 585. The highest BCUT2D eigenvalue weighted by molar-refractivity contribution is 6.17. The van der Waals surface area contributed by atoms with E-state index in [2.05, 4.69) is 52.3 Å². The Labute approximate surface area is 131 Å². The summed E-state index contributed by atoms with van der Waals surface area (Å²) in [6.45, 7) is 4.25. The first kappa shape index (κ1) is 14.9. The number of aryl methyl sites for hydroxylation is 1. The molecule has 21 heavy (non-hydrogen) atoms. The average Bonchev–Trinajstić information content (AvgIpc) is 2.90. The van der Waals surface area contributed by atoms with Crippen LogP contribution in [0.25, 0.3) is 10.9 Å². The molecule has 1 fully saturated rings. The second kappa shape index (κ2) is 6.82. The molecule has 1 saturated heterocycles. The summed E-state index contributed by atoms with van der Waals surface area (Å²) in [5.74, 6) is 0.656. The van der Waals surface area contributed by atoms with Crippen LogP contribution in [0.4, 0.5) is 0 Å². The van der Waals surface area contributed by atoms with Gasteiger partial charge in [-0.15, -0.1) is 11.6 Å². The third kappa shape index (κ3) is 3.60. The highest BCUT2D eigenvalue weighted by Gasteiger charge is 2.15. The molecule has 0 amide bonds. The molecule has 3 rings (SSSR count). The molecule has 1 N–H and O–H groups in total. The zero-order valence-electron chi connectivity index (χ0n) is 12.7. The van der Waals surface area contributed by atoms with Gasteiger partial charge in [-0.2, -0.15) is 0 Å². The highest BCUT2D eigenvalue weighted by atomic mass is 35.5. The van der Waals surface area contributed by atoms with Crippen LogP contribution < -0.4 is 5.32 Å². The summed E-state index contributed by atoms with van der Waals surface area (Å²) in [6.07, 6.45) is 4.64. The van der Waals surface area contributed by atoms with Gasteiger partial charge in [0.25, 0.3) is 0 Å². The Kier molecular flexibility index (Phi) is 4.84. The van der Waals surface area contributed by atoms with Crippen molar-refractivity contribution in [2.75, 3.05) is 26.0 Å². The van der Waals surface area contributed by atoms with Crippen LogP contribution in [0.3, 0.4) is 0 Å². The maximum Gasteiger partial charge on any atom is 0.0480 e. The van der Waals surface area contributed by atoms with Crippen LogP contribution in [0.2, 0.25) is 0 Å². The molecule has 0 unspecified atom stereocenters. The SMILES string of the molecule is CN1CCC(NCc2ccc3c(ccn3CCCl)c2)CC1. The van der Waals surface area contributed by atoms with Crippen molar-refractivity contribution in [3.05, 3.63) is 36.0 Å². The number of nitrogens with zero attached hydrogens (tertiary/aromatic N) is 2. The van der Waals surface area contributed by atoms with Crippen molar-refractivity contribution in [3.8, 4) is 0 Å². The van der Waals surface area contributed by atoms with E-state index in [4.69, 9.17) is 11.6 Å². The minimum absolute atomic E-state index is 0.656. The Morgan fingerprint density at radius 2 is 2.05 bits per heavy atom. The lowest BCUT2D eigenvalue weighted by Crippen LogP contribution is -2.40. The number of halogens is 1. The van der Waals surface area contributed by atoms with Gasteiger partial charge in [-0.25, -0.2) is 0 Å². The van der Waals surface area contributed by atoms with Crippen LogP contribution in [0.15, 0.2) is 30.5 Å². The van der Waals surface area contributed by atoms with Gasteiger partial charge in [-0.1, -0.05) is 6.07 Å². The number of alkyl halides is 1. The molecule has 1 aromatic heterocycles. The number of fused-ring (bicyclic) bond motifs is 1. The molecule has 0 spiro atoms. The molecule has 0 radical (unpaired) electrons. The molecular weight excluding hydrogens is 282 g/mol. The van der Waals surface area contributed by atoms with E-state index in [0.29, 0.717) is 11.9 Å². The minimum Gasteiger partial charge on any atom is -0.346 e. The van der Waals surface area contributed by atoms with Gasteiger partial charge in [-0.3, -0.25) is 0 Å². The lowest BCUT2D eigenvalue weighted by molar-refractivity contribution is 0.234. The lowest BCUT2D eigenvalue weighted by Gasteiger charge is -2.29. The van der Waals surface area contributed by atoms with Crippen molar-refractivity contribution >= 4 is 22.5 Å². The first-order valence-corrected chi connectivity index (χ1v) is 8.35. The number of piperidine rings is 1. The van der Waals surface area contributed by atoms with Gasteiger partial charge in [0.05, 0.1) is 0 Å². The van der Waals surface area contributed by atoms with Gasteiger partial charge >= 0.3 is 0 Å². The number of rotatable bonds is 5. The molecule has 3 nitrogen and oxygen atoms in total. The molecule has 0 atom stereocenters. The van der Waals surface area contributed by atoms with Gasteiger partial charge in [0.2, 0.25) is 0 Å². The number of likely N-dealkylation sites (tertiary alicyclic amines) is 1. The Morgan fingerprint density at radius 3 is 2.81 bits per heavy atom. The molecule has 1 aliphatic heterocycles. The standard InChI is InChI=1S/C17H24ClN3/c1-20-8-5-16(6-9-20)19-13-14-2-3-17-15(12-14)4-10-21(17)11-7-18/h2-4,10,12,16,19H,5-9,11,13H2,1H3. The fourth-order valence-electron chi connectivity index (χ4n) is 3.12. The minimum atomic E-state index is 0.656. The number of hydrogen-bond acceptors (Lipinski definition) is 2. The summed E-state index contributed by atoms with van der Waals surface area (Å²) in [5, 5.41) is 5.01. The molecule has 4 heteroatoms. The predicted octanol–water partition coefficient (Wildman–Crippen LogP) is 3.06. The average molecular weight is 306 g/mol. The van der Waals surface area contributed by atoms with E-state index < -0.39 is 0 Å². The summed E-state index contributed by atoms with van der Waals surface area (Å²) in [7, 11) is 2.20. The molecule has 2 heterocycles. The van der Waals surface area contributed by atoms with E-state index in [1.807, 2.05) is 0 Å². The van der Waals surface area contributed by atoms with Crippen molar-refractivity contribution in [2.45, 2.75) is 32.0 Å². The van der Waals surface area contributed by atoms with Gasteiger partial charge in [-0.05, 0) is 62.1 Å². The monoisotopic (exact) mass is 305 g/mol. The number of benzene rings is 1. The van der Waals surface area contributed by atoms with E-state index in [9.17, 15) is 0 Å². The topological polar surface area (TPSA) is 20.2 Å². The fourth-order valence-corrected chi connectivity index (χ4v) is 3.30. The van der Waals surface area contributed by atoms with Crippen LogP contribution in [0, 0.1) is 0 Å². The zero-order valence-corrected chi connectivity index (χ0v) is 13.4. The predicted molar refractivity (Wildman–Crippen MR) is 90.0 cm³/mol. The van der Waals surface area contributed by atoms with Crippen LogP contribution in [0.1, 0.15) is 18.4 Å². The maximum absolute atomic E-state index is 5.84. The van der Waals surface area contributed by atoms with E-state index in [1.165, 1.54) is 42.4 Å². The first-order valence-electron chi connectivity index (χ1n) is 7.82. The molecule has 0 saturated carbocycles. The molecular formula is C17H24ClN3. The summed E-state index contributed by atoms with van der Waals surface area (Å²) < 4.78 is 2.22. The van der Waals surface area contributed by atoms with Gasteiger partial charge in [0.15, 0.2) is 0 Å². The highest BCUT2D eigenvalue weighted by Crippen LogP contribution is 2.18. The van der Waals surface area contributed by atoms with Crippen LogP contribution in [-0.2, 0) is 13.1 Å². The number of hydrogen-bond donors (Lipinski definition) is 1. The Hall–Kier alpha value is -1.03. The molecule has 1 aromatic carbocycles. The second-order valence-electron chi connectivity index (χ2n) is 6.05. The van der Waals surface area contributed by atoms with E-state index in [1.54, 1.807) is 0 Å². The second-order valence-corrected chi connectivity index (χ2v) is 6.43. The largest absolute Gasteiger partial charge is 0.346 e. The molecule has 2 aromatic rings. The molecule has 0 aliphatic carbocycles. The normalized spacial score (nSPS) is 17.6. The quantitative estimate of drug-likeness (QED) is 0.857. The maximum atomic E-state index is 5.84. The van der Waals surface area contributed by atoms with Gasteiger partial charge < -0.3 is 14.8 Å². The van der Waals surface area contributed by atoms with E-state index in [0.717, 1.165) is 13.1 Å². The number of aromatic nitrogens is 1. The smallest absolute Gasteiger partial charge is 0.0480 e. The number of nitrogens with one attached hydrogen (secondary N) is 1. The third-order valence-electron chi connectivity index (χ3n) is 4.47.